The summed E-state index contributed by atoms with van der Waals surface area (Å²) >= 11 is 0. The number of imidazole rings is 1. The van der Waals surface area contributed by atoms with Crippen LogP contribution in [0.2, 0.25) is 0 Å². The topological polar surface area (TPSA) is 75.9 Å². The third kappa shape index (κ3) is 3.85. The maximum absolute atomic E-state index is 12.4. The van der Waals surface area contributed by atoms with E-state index in [4.69, 9.17) is 0 Å². The molecule has 0 bridgehead atoms. The highest BCUT2D eigenvalue weighted by Crippen LogP contribution is 2.19. The highest BCUT2D eigenvalue weighted by Gasteiger charge is 2.26. The summed E-state index contributed by atoms with van der Waals surface area (Å²) in [6, 6.07) is 1.80. The Morgan fingerprint density at radius 2 is 2.13 bits per heavy atom. The van der Waals surface area contributed by atoms with Crippen molar-refractivity contribution >= 4 is 11.9 Å². The molecule has 1 aliphatic rings. The smallest absolute Gasteiger partial charge is 0.225 e. The predicted octanol–water partition coefficient (Wildman–Crippen LogP) is 1.01. The average Bonchev–Trinajstić information content (AvgIpc) is 3.01. The van der Waals surface area contributed by atoms with Gasteiger partial charge in [0.2, 0.25) is 11.9 Å². The van der Waals surface area contributed by atoms with Crippen molar-refractivity contribution in [2.75, 3.05) is 24.5 Å². The molecule has 7 nitrogen and oxygen atoms in total. The van der Waals surface area contributed by atoms with Crippen LogP contribution in [0.3, 0.4) is 0 Å². The highest BCUT2D eigenvalue weighted by atomic mass is 16.1. The van der Waals surface area contributed by atoms with Crippen LogP contribution in [0.4, 0.5) is 5.95 Å². The Kier molecular flexibility index (Phi) is 4.85. The highest BCUT2D eigenvalue weighted by molar-refractivity contribution is 5.79. The number of aromatic nitrogens is 4. The summed E-state index contributed by atoms with van der Waals surface area (Å²) in [5.41, 5.74) is 0. The van der Waals surface area contributed by atoms with E-state index in [9.17, 15) is 4.79 Å². The van der Waals surface area contributed by atoms with Gasteiger partial charge in [-0.15, -0.1) is 0 Å². The van der Waals surface area contributed by atoms with E-state index >= 15 is 0 Å². The summed E-state index contributed by atoms with van der Waals surface area (Å²) in [5, 5.41) is 3.03. The van der Waals surface area contributed by atoms with Crippen molar-refractivity contribution < 1.29 is 4.79 Å². The van der Waals surface area contributed by atoms with Gasteiger partial charge in [-0.1, -0.05) is 0 Å². The first-order chi connectivity index (χ1) is 11.2. The fraction of sp³-hybridized carbons (Fsp3) is 0.500. The molecule has 1 atom stereocenters. The van der Waals surface area contributed by atoms with E-state index in [1.54, 1.807) is 24.7 Å². The van der Waals surface area contributed by atoms with Crippen LogP contribution in [0.5, 0.6) is 0 Å². The first kappa shape index (κ1) is 15.5. The van der Waals surface area contributed by atoms with Crippen molar-refractivity contribution in [3.8, 4) is 0 Å². The second-order valence-electron chi connectivity index (χ2n) is 5.79. The van der Waals surface area contributed by atoms with Gasteiger partial charge in [-0.05, 0) is 25.8 Å². The van der Waals surface area contributed by atoms with Gasteiger partial charge in [0.1, 0.15) is 5.82 Å². The van der Waals surface area contributed by atoms with E-state index in [-0.39, 0.29) is 11.8 Å². The normalized spacial score (nSPS) is 18.0. The zero-order chi connectivity index (χ0) is 16.1. The van der Waals surface area contributed by atoms with Crippen LogP contribution in [-0.2, 0) is 11.3 Å². The van der Waals surface area contributed by atoms with E-state index in [1.807, 2.05) is 17.7 Å². The summed E-state index contributed by atoms with van der Waals surface area (Å²) in [6.07, 6.45) is 9.07. The standard InChI is InChI=1S/C16H22N6O/c1-13-17-7-10-21(13)11-8-18-15(23)14-4-2-9-22(12-14)16-19-5-3-6-20-16/h3,5-7,10,14H,2,4,8-9,11-12H2,1H3,(H,18,23)/t14-/m0/s1. The minimum absolute atomic E-state index is 0.00330. The van der Waals surface area contributed by atoms with Gasteiger partial charge >= 0.3 is 0 Å². The zero-order valence-electron chi connectivity index (χ0n) is 13.4. The fourth-order valence-electron chi connectivity index (χ4n) is 2.91. The van der Waals surface area contributed by atoms with Crippen LogP contribution in [0, 0.1) is 12.8 Å². The molecule has 1 aliphatic heterocycles. The lowest BCUT2D eigenvalue weighted by Crippen LogP contribution is -2.44. The number of hydrogen-bond donors (Lipinski definition) is 1. The maximum atomic E-state index is 12.4. The Bertz CT molecular complexity index is 641. The molecule has 0 aromatic carbocycles. The van der Waals surface area contributed by atoms with Crippen molar-refractivity contribution in [1.29, 1.82) is 0 Å². The molecular weight excluding hydrogens is 292 g/mol. The maximum Gasteiger partial charge on any atom is 0.225 e. The lowest BCUT2D eigenvalue weighted by molar-refractivity contribution is -0.125. The number of piperidine rings is 1. The number of anilines is 1. The van der Waals surface area contributed by atoms with E-state index in [0.717, 1.165) is 31.8 Å². The van der Waals surface area contributed by atoms with Crippen molar-refractivity contribution in [3.63, 3.8) is 0 Å². The molecule has 1 N–H and O–H groups in total. The van der Waals surface area contributed by atoms with Crippen LogP contribution < -0.4 is 10.2 Å². The van der Waals surface area contributed by atoms with Gasteiger partial charge in [-0.25, -0.2) is 15.0 Å². The Morgan fingerprint density at radius 3 is 2.87 bits per heavy atom. The minimum Gasteiger partial charge on any atom is -0.354 e. The molecule has 2 aromatic rings. The molecule has 2 aromatic heterocycles. The van der Waals surface area contributed by atoms with Crippen LogP contribution in [0.15, 0.2) is 30.9 Å². The third-order valence-electron chi connectivity index (χ3n) is 4.20. The van der Waals surface area contributed by atoms with Gasteiger partial charge in [-0.3, -0.25) is 4.79 Å². The lowest BCUT2D eigenvalue weighted by Gasteiger charge is -2.31. The Balaban J connectivity index is 1.50. The molecule has 0 spiro atoms. The summed E-state index contributed by atoms with van der Waals surface area (Å²) in [7, 11) is 0. The number of aryl methyl sites for hydroxylation is 1. The number of hydrogen-bond acceptors (Lipinski definition) is 5. The first-order valence-electron chi connectivity index (χ1n) is 8.01. The third-order valence-corrected chi connectivity index (χ3v) is 4.20. The summed E-state index contributed by atoms with van der Waals surface area (Å²) < 4.78 is 2.03. The quantitative estimate of drug-likeness (QED) is 0.891. The number of rotatable bonds is 5. The summed E-state index contributed by atoms with van der Waals surface area (Å²) in [6.45, 7) is 4.91. The summed E-state index contributed by atoms with van der Waals surface area (Å²) in [5.74, 6) is 1.78. The van der Waals surface area contributed by atoms with Crippen LogP contribution in [0.1, 0.15) is 18.7 Å². The van der Waals surface area contributed by atoms with Gasteiger partial charge in [-0.2, -0.15) is 0 Å². The monoisotopic (exact) mass is 314 g/mol. The largest absolute Gasteiger partial charge is 0.354 e. The molecule has 0 aliphatic carbocycles. The molecule has 1 fully saturated rings. The van der Waals surface area contributed by atoms with Gasteiger partial charge < -0.3 is 14.8 Å². The Labute approximate surface area is 135 Å². The molecule has 0 radical (unpaired) electrons. The number of carbonyl (C=O) groups excluding carboxylic acids is 1. The van der Waals surface area contributed by atoms with Gasteiger partial charge in [0.05, 0.1) is 5.92 Å². The molecule has 0 unspecified atom stereocenters. The van der Waals surface area contributed by atoms with E-state index in [1.165, 1.54) is 0 Å². The van der Waals surface area contributed by atoms with Crippen LogP contribution in [0.25, 0.3) is 0 Å². The Morgan fingerprint density at radius 1 is 1.30 bits per heavy atom. The molecule has 1 amide bonds. The molecule has 3 rings (SSSR count). The van der Waals surface area contributed by atoms with Crippen molar-refractivity contribution in [3.05, 3.63) is 36.7 Å². The Hall–Kier alpha value is -2.44. The predicted molar refractivity (Wildman–Crippen MR) is 86.9 cm³/mol. The fourth-order valence-corrected chi connectivity index (χ4v) is 2.91. The van der Waals surface area contributed by atoms with E-state index in [0.29, 0.717) is 19.0 Å². The number of nitrogens with one attached hydrogen (secondary N) is 1. The van der Waals surface area contributed by atoms with E-state index in [2.05, 4.69) is 25.2 Å². The molecule has 1 saturated heterocycles. The molecular formula is C16H22N6O. The van der Waals surface area contributed by atoms with Crippen molar-refractivity contribution in [2.24, 2.45) is 5.92 Å². The SMILES string of the molecule is Cc1nccn1CCNC(=O)[C@H]1CCCN(c2ncccn2)C1. The van der Waals surface area contributed by atoms with Gasteiger partial charge in [0, 0.05) is 51.0 Å². The number of nitrogens with zero attached hydrogens (tertiary/aromatic N) is 5. The molecule has 23 heavy (non-hydrogen) atoms. The van der Waals surface area contributed by atoms with Gasteiger partial charge in [0.25, 0.3) is 0 Å². The summed E-state index contributed by atoms with van der Waals surface area (Å²) in [4.78, 5) is 27.2. The number of carbonyl (C=O) groups is 1. The van der Waals surface area contributed by atoms with Crippen molar-refractivity contribution in [1.82, 2.24) is 24.8 Å². The first-order valence-corrected chi connectivity index (χ1v) is 8.01. The van der Waals surface area contributed by atoms with Crippen LogP contribution >= 0.6 is 0 Å². The van der Waals surface area contributed by atoms with Gasteiger partial charge in [0.15, 0.2) is 0 Å². The molecule has 122 valence electrons. The zero-order valence-corrected chi connectivity index (χ0v) is 13.4. The van der Waals surface area contributed by atoms with E-state index < -0.39 is 0 Å². The number of amides is 1. The molecule has 3 heterocycles. The van der Waals surface area contributed by atoms with Crippen LogP contribution in [-0.4, -0.2) is 45.1 Å². The second-order valence-corrected chi connectivity index (χ2v) is 5.79. The lowest BCUT2D eigenvalue weighted by atomic mass is 9.97. The molecule has 7 heteroatoms. The molecule has 0 saturated carbocycles. The minimum atomic E-state index is -0.00330. The second kappa shape index (κ2) is 7.21. The average molecular weight is 314 g/mol. The van der Waals surface area contributed by atoms with Crippen molar-refractivity contribution in [2.45, 2.75) is 26.3 Å².